The molecule has 6 heteroatoms. The first kappa shape index (κ1) is 14.3. The highest BCUT2D eigenvalue weighted by Gasteiger charge is 2.23. The summed E-state index contributed by atoms with van der Waals surface area (Å²) in [6, 6.07) is 1.55. The summed E-state index contributed by atoms with van der Waals surface area (Å²) in [6.45, 7) is 6.29. The summed E-state index contributed by atoms with van der Waals surface area (Å²) < 4.78 is 26.6. The second kappa shape index (κ2) is 6.28. The average molecular weight is 319 g/mol. The molecule has 0 fully saturated rings. The molecule has 0 amide bonds. The quantitative estimate of drug-likeness (QED) is 0.757. The normalized spacial score (nSPS) is 11.7. The number of hydrogen-bond donors (Lipinski definition) is 0. The van der Waals surface area contributed by atoms with E-state index in [1.54, 1.807) is 18.3 Å². The largest absolute Gasteiger partial charge is 0.262 e. The monoisotopic (exact) mass is 318 g/mol. The van der Waals surface area contributed by atoms with Gasteiger partial charge in [-0.05, 0) is 28.4 Å². The molecular weight excluding hydrogens is 304 g/mol. The Balaban J connectivity index is 3.11. The summed E-state index contributed by atoms with van der Waals surface area (Å²) in [5.41, 5.74) is 0. The minimum Gasteiger partial charge on any atom is -0.262 e. The van der Waals surface area contributed by atoms with E-state index in [1.807, 2.05) is 6.92 Å². The summed E-state index contributed by atoms with van der Waals surface area (Å²) in [5.74, 6) is 0. The lowest BCUT2D eigenvalue weighted by molar-refractivity contribution is 0.441. The fraction of sp³-hybridized carbons (Fsp3) is 0.364. The highest BCUT2D eigenvalue weighted by atomic mass is 79.9. The van der Waals surface area contributed by atoms with Gasteiger partial charge in [-0.2, -0.15) is 4.31 Å². The van der Waals surface area contributed by atoms with Crippen molar-refractivity contribution < 1.29 is 8.42 Å². The van der Waals surface area contributed by atoms with Crippen LogP contribution >= 0.6 is 15.9 Å². The molecule has 1 aromatic heterocycles. The van der Waals surface area contributed by atoms with E-state index in [0.717, 1.165) is 6.42 Å². The zero-order valence-corrected chi connectivity index (χ0v) is 12.0. The van der Waals surface area contributed by atoms with E-state index in [9.17, 15) is 8.42 Å². The maximum absolute atomic E-state index is 12.3. The van der Waals surface area contributed by atoms with Crippen LogP contribution in [0.3, 0.4) is 0 Å². The van der Waals surface area contributed by atoms with Crippen molar-refractivity contribution in [2.24, 2.45) is 0 Å². The Hall–Kier alpha value is -0.720. The Labute approximate surface area is 111 Å². The van der Waals surface area contributed by atoms with Crippen molar-refractivity contribution in [2.45, 2.75) is 18.2 Å². The molecule has 0 aliphatic rings. The van der Waals surface area contributed by atoms with Crippen molar-refractivity contribution >= 4 is 26.0 Å². The van der Waals surface area contributed by atoms with Crippen LogP contribution in [0.4, 0.5) is 0 Å². The second-order valence-electron chi connectivity index (χ2n) is 3.49. The average Bonchev–Trinajstić information content (AvgIpc) is 2.29. The number of rotatable bonds is 6. The van der Waals surface area contributed by atoms with E-state index in [4.69, 9.17) is 0 Å². The van der Waals surface area contributed by atoms with Gasteiger partial charge in [0.1, 0.15) is 4.90 Å². The van der Waals surface area contributed by atoms with Crippen LogP contribution in [0.1, 0.15) is 13.3 Å². The summed E-state index contributed by atoms with van der Waals surface area (Å²) >= 11 is 3.22. The third kappa shape index (κ3) is 3.62. The van der Waals surface area contributed by atoms with Gasteiger partial charge in [0.05, 0.1) is 0 Å². The van der Waals surface area contributed by atoms with Crippen LogP contribution in [0.25, 0.3) is 0 Å². The fourth-order valence-electron chi connectivity index (χ4n) is 1.39. The Morgan fingerprint density at radius 1 is 1.53 bits per heavy atom. The van der Waals surface area contributed by atoms with Crippen LogP contribution in [0.2, 0.25) is 0 Å². The predicted octanol–water partition coefficient (Wildman–Crippen LogP) is 2.43. The van der Waals surface area contributed by atoms with Gasteiger partial charge in [0.2, 0.25) is 10.0 Å². The van der Waals surface area contributed by atoms with Gasteiger partial charge < -0.3 is 0 Å². The summed E-state index contributed by atoms with van der Waals surface area (Å²) in [7, 11) is -3.48. The molecule has 17 heavy (non-hydrogen) atoms. The third-order valence-electron chi connectivity index (χ3n) is 2.12. The van der Waals surface area contributed by atoms with E-state index in [1.165, 1.54) is 10.5 Å². The lowest BCUT2D eigenvalue weighted by atomic mass is 10.5. The van der Waals surface area contributed by atoms with Crippen molar-refractivity contribution in [3.63, 3.8) is 0 Å². The lowest BCUT2D eigenvalue weighted by Gasteiger charge is -2.19. The molecule has 1 heterocycles. The van der Waals surface area contributed by atoms with Crippen LogP contribution in [0.15, 0.2) is 40.5 Å². The number of hydrogen-bond acceptors (Lipinski definition) is 3. The first-order valence-electron chi connectivity index (χ1n) is 5.24. The standard InChI is InChI=1S/C11H15BrN2O2S/c1-3-5-14(6-4-2)17(15,16)11-7-10(12)8-13-9-11/h3,7-9H,1,4-6H2,2H3. The molecule has 0 aliphatic heterocycles. The molecular formula is C11H15BrN2O2S. The highest BCUT2D eigenvalue weighted by Crippen LogP contribution is 2.18. The molecule has 0 spiro atoms. The zero-order valence-electron chi connectivity index (χ0n) is 9.63. The molecule has 0 saturated heterocycles. The van der Waals surface area contributed by atoms with E-state index < -0.39 is 10.0 Å². The van der Waals surface area contributed by atoms with E-state index in [0.29, 0.717) is 17.6 Å². The van der Waals surface area contributed by atoms with Crippen LogP contribution in [0.5, 0.6) is 0 Å². The maximum atomic E-state index is 12.3. The molecule has 0 N–H and O–H groups in total. The second-order valence-corrected chi connectivity index (χ2v) is 6.34. The smallest absolute Gasteiger partial charge is 0.244 e. The molecule has 0 unspecified atom stereocenters. The molecule has 0 atom stereocenters. The van der Waals surface area contributed by atoms with E-state index >= 15 is 0 Å². The number of sulfonamides is 1. The Morgan fingerprint density at radius 3 is 2.76 bits per heavy atom. The van der Waals surface area contributed by atoms with Crippen molar-refractivity contribution in [3.05, 3.63) is 35.6 Å². The highest BCUT2D eigenvalue weighted by molar-refractivity contribution is 9.10. The van der Waals surface area contributed by atoms with Crippen molar-refractivity contribution in [2.75, 3.05) is 13.1 Å². The van der Waals surface area contributed by atoms with Crippen LogP contribution in [-0.2, 0) is 10.0 Å². The molecule has 0 aliphatic carbocycles. The molecule has 4 nitrogen and oxygen atoms in total. The fourth-order valence-corrected chi connectivity index (χ4v) is 3.39. The van der Waals surface area contributed by atoms with Gasteiger partial charge in [-0.1, -0.05) is 13.0 Å². The molecule has 1 aromatic rings. The first-order valence-corrected chi connectivity index (χ1v) is 7.47. The number of halogens is 1. The van der Waals surface area contributed by atoms with Gasteiger partial charge in [-0.3, -0.25) is 4.98 Å². The Kier molecular flexibility index (Phi) is 5.30. The zero-order chi connectivity index (χ0) is 12.9. The summed E-state index contributed by atoms with van der Waals surface area (Å²) in [4.78, 5) is 4.07. The van der Waals surface area contributed by atoms with Crippen LogP contribution in [-0.4, -0.2) is 30.8 Å². The van der Waals surface area contributed by atoms with Gasteiger partial charge in [0.15, 0.2) is 0 Å². The van der Waals surface area contributed by atoms with Gasteiger partial charge in [0, 0.05) is 30.0 Å². The number of pyridine rings is 1. The third-order valence-corrected chi connectivity index (χ3v) is 4.39. The molecule has 0 radical (unpaired) electrons. The van der Waals surface area contributed by atoms with E-state index in [-0.39, 0.29) is 4.90 Å². The van der Waals surface area contributed by atoms with Crippen molar-refractivity contribution in [1.29, 1.82) is 0 Å². The maximum Gasteiger partial charge on any atom is 0.244 e. The minimum absolute atomic E-state index is 0.196. The molecule has 0 aromatic carbocycles. The molecule has 0 bridgehead atoms. The first-order chi connectivity index (χ1) is 8.02. The summed E-state index contributed by atoms with van der Waals surface area (Å²) in [6.07, 6.45) is 5.25. The van der Waals surface area contributed by atoms with E-state index in [2.05, 4.69) is 27.5 Å². The van der Waals surface area contributed by atoms with Gasteiger partial charge >= 0.3 is 0 Å². The topological polar surface area (TPSA) is 50.3 Å². The SMILES string of the molecule is C=CCN(CCC)S(=O)(=O)c1cncc(Br)c1. The van der Waals surface area contributed by atoms with Crippen molar-refractivity contribution in [1.82, 2.24) is 9.29 Å². The van der Waals surface area contributed by atoms with Gasteiger partial charge in [0.25, 0.3) is 0 Å². The Bertz CT molecular complexity index is 488. The summed E-state index contributed by atoms with van der Waals surface area (Å²) in [5, 5.41) is 0. The van der Waals surface area contributed by atoms with Crippen LogP contribution < -0.4 is 0 Å². The Morgan fingerprint density at radius 2 is 2.24 bits per heavy atom. The minimum atomic E-state index is -3.48. The molecule has 0 saturated carbocycles. The number of nitrogens with zero attached hydrogens (tertiary/aromatic N) is 2. The predicted molar refractivity (Wildman–Crippen MR) is 71.2 cm³/mol. The number of aromatic nitrogens is 1. The van der Waals surface area contributed by atoms with Gasteiger partial charge in [-0.15, -0.1) is 6.58 Å². The van der Waals surface area contributed by atoms with Crippen LogP contribution in [0, 0.1) is 0 Å². The molecule has 1 rings (SSSR count). The molecule has 94 valence electrons. The van der Waals surface area contributed by atoms with Gasteiger partial charge in [-0.25, -0.2) is 8.42 Å². The lowest BCUT2D eigenvalue weighted by Crippen LogP contribution is -2.32. The van der Waals surface area contributed by atoms with Crippen molar-refractivity contribution in [3.8, 4) is 0 Å².